The van der Waals surface area contributed by atoms with Gasteiger partial charge < -0.3 is 5.32 Å². The standard InChI is InChI=1S/C20H24ClN5O2/c1-5-6-12-25-18(21)16(13(2)23-25)19(27)22-17-14(3)24(4)26(20(17)28)15-10-8-7-9-11-15/h7-11H,5-6,12H2,1-4H3,(H,22,27). The number of aryl methyl sites for hydroxylation is 2. The van der Waals surface area contributed by atoms with Crippen molar-refractivity contribution >= 4 is 23.2 Å². The van der Waals surface area contributed by atoms with Crippen LogP contribution in [0, 0.1) is 13.8 Å². The highest BCUT2D eigenvalue weighted by molar-refractivity contribution is 6.33. The molecule has 1 amide bonds. The first-order chi connectivity index (χ1) is 13.4. The minimum absolute atomic E-state index is 0.230. The Morgan fingerprint density at radius 1 is 1.21 bits per heavy atom. The number of nitrogens with zero attached hydrogens (tertiary/aromatic N) is 4. The first-order valence-electron chi connectivity index (χ1n) is 9.25. The number of unbranched alkanes of at least 4 members (excludes halogenated alkanes) is 1. The van der Waals surface area contributed by atoms with Gasteiger partial charge in [0.1, 0.15) is 10.8 Å². The molecule has 0 spiro atoms. The monoisotopic (exact) mass is 401 g/mol. The highest BCUT2D eigenvalue weighted by atomic mass is 35.5. The molecule has 3 aromatic rings. The lowest BCUT2D eigenvalue weighted by atomic mass is 10.2. The van der Waals surface area contributed by atoms with Gasteiger partial charge in [-0.25, -0.2) is 4.68 Å². The zero-order valence-corrected chi connectivity index (χ0v) is 17.2. The van der Waals surface area contributed by atoms with E-state index >= 15 is 0 Å². The van der Waals surface area contributed by atoms with E-state index in [1.165, 1.54) is 4.68 Å². The molecular weight excluding hydrogens is 378 g/mol. The van der Waals surface area contributed by atoms with Gasteiger partial charge in [0.25, 0.3) is 11.5 Å². The summed E-state index contributed by atoms with van der Waals surface area (Å²) >= 11 is 6.39. The van der Waals surface area contributed by atoms with Crippen molar-refractivity contribution in [1.82, 2.24) is 19.1 Å². The molecule has 0 saturated carbocycles. The van der Waals surface area contributed by atoms with E-state index in [4.69, 9.17) is 11.6 Å². The molecule has 0 saturated heterocycles. The molecule has 0 bridgehead atoms. The van der Waals surface area contributed by atoms with E-state index < -0.39 is 5.91 Å². The Kier molecular flexibility index (Phi) is 5.74. The Labute approximate surface area is 168 Å². The van der Waals surface area contributed by atoms with Crippen molar-refractivity contribution in [2.75, 3.05) is 5.32 Å². The summed E-state index contributed by atoms with van der Waals surface area (Å²) in [6.45, 7) is 6.25. The SMILES string of the molecule is CCCCn1nc(C)c(C(=O)Nc2c(C)n(C)n(-c3ccccc3)c2=O)c1Cl. The van der Waals surface area contributed by atoms with E-state index in [-0.39, 0.29) is 11.2 Å². The van der Waals surface area contributed by atoms with Crippen LogP contribution in [0.2, 0.25) is 5.15 Å². The van der Waals surface area contributed by atoms with Crippen LogP contribution in [0.1, 0.15) is 41.5 Å². The maximum Gasteiger partial charge on any atom is 0.295 e. The number of hydrogen-bond donors (Lipinski definition) is 1. The van der Waals surface area contributed by atoms with Gasteiger partial charge in [-0.15, -0.1) is 0 Å². The smallest absolute Gasteiger partial charge is 0.295 e. The number of benzene rings is 1. The van der Waals surface area contributed by atoms with E-state index in [1.807, 2.05) is 30.3 Å². The molecule has 0 radical (unpaired) electrons. The van der Waals surface area contributed by atoms with Crippen LogP contribution >= 0.6 is 11.6 Å². The maximum atomic E-state index is 13.0. The molecule has 0 unspecified atom stereocenters. The maximum absolute atomic E-state index is 13.0. The number of hydrogen-bond acceptors (Lipinski definition) is 3. The Morgan fingerprint density at radius 2 is 1.89 bits per heavy atom. The molecule has 2 aromatic heterocycles. The fraction of sp³-hybridized carbons (Fsp3) is 0.350. The number of amides is 1. The van der Waals surface area contributed by atoms with Gasteiger partial charge in [-0.1, -0.05) is 43.1 Å². The molecule has 1 aromatic carbocycles. The van der Waals surface area contributed by atoms with Crippen molar-refractivity contribution < 1.29 is 4.79 Å². The van der Waals surface area contributed by atoms with Gasteiger partial charge in [0.2, 0.25) is 0 Å². The molecule has 28 heavy (non-hydrogen) atoms. The Hall–Kier alpha value is -2.80. The van der Waals surface area contributed by atoms with Crippen LogP contribution in [0.25, 0.3) is 5.69 Å². The first kappa shape index (κ1) is 19.9. The number of aromatic nitrogens is 4. The predicted molar refractivity (Wildman–Crippen MR) is 111 cm³/mol. The Bertz CT molecular complexity index is 1060. The minimum atomic E-state index is -0.434. The van der Waals surface area contributed by atoms with E-state index in [0.29, 0.717) is 28.6 Å². The van der Waals surface area contributed by atoms with Crippen LogP contribution in [-0.4, -0.2) is 25.1 Å². The van der Waals surface area contributed by atoms with Crippen molar-refractivity contribution in [2.45, 2.75) is 40.2 Å². The molecule has 0 atom stereocenters. The molecule has 148 valence electrons. The van der Waals surface area contributed by atoms with E-state index in [1.54, 1.807) is 30.3 Å². The predicted octanol–water partition coefficient (Wildman–Crippen LogP) is 3.70. The van der Waals surface area contributed by atoms with Crippen LogP contribution < -0.4 is 10.9 Å². The summed E-state index contributed by atoms with van der Waals surface area (Å²) < 4.78 is 4.87. The molecule has 8 heteroatoms. The largest absolute Gasteiger partial charge is 0.316 e. The summed E-state index contributed by atoms with van der Waals surface area (Å²) in [7, 11) is 1.78. The zero-order chi connectivity index (χ0) is 20.4. The average molecular weight is 402 g/mol. The van der Waals surface area contributed by atoms with Crippen LogP contribution in [0.3, 0.4) is 0 Å². The topological polar surface area (TPSA) is 73.8 Å². The molecule has 0 aliphatic rings. The van der Waals surface area contributed by atoms with E-state index in [2.05, 4.69) is 17.3 Å². The van der Waals surface area contributed by atoms with Gasteiger partial charge in [-0.2, -0.15) is 5.10 Å². The summed E-state index contributed by atoms with van der Waals surface area (Å²) in [5, 5.41) is 7.40. The van der Waals surface area contributed by atoms with Crippen molar-refractivity contribution in [3.05, 3.63) is 62.8 Å². The quantitative estimate of drug-likeness (QED) is 0.684. The molecule has 7 nitrogen and oxygen atoms in total. The Morgan fingerprint density at radius 3 is 2.54 bits per heavy atom. The summed E-state index contributed by atoms with van der Waals surface area (Å²) in [4.78, 5) is 25.9. The number of carbonyl (C=O) groups is 1. The van der Waals surface area contributed by atoms with E-state index in [9.17, 15) is 9.59 Å². The first-order valence-corrected chi connectivity index (χ1v) is 9.62. The number of carbonyl (C=O) groups excluding carboxylic acids is 1. The second-order valence-electron chi connectivity index (χ2n) is 6.72. The van der Waals surface area contributed by atoms with Crippen LogP contribution in [0.4, 0.5) is 5.69 Å². The average Bonchev–Trinajstić information content (AvgIpc) is 3.08. The normalized spacial score (nSPS) is 11.0. The third-order valence-corrected chi connectivity index (χ3v) is 5.19. The van der Waals surface area contributed by atoms with Crippen molar-refractivity contribution in [1.29, 1.82) is 0 Å². The number of anilines is 1. The number of rotatable bonds is 6. The van der Waals surface area contributed by atoms with E-state index in [0.717, 1.165) is 18.5 Å². The minimum Gasteiger partial charge on any atom is -0.316 e. The third-order valence-electron chi connectivity index (χ3n) is 4.81. The lowest BCUT2D eigenvalue weighted by Crippen LogP contribution is -2.23. The Balaban J connectivity index is 1.96. The number of nitrogens with one attached hydrogen (secondary N) is 1. The van der Waals surface area contributed by atoms with Crippen molar-refractivity contribution in [3.8, 4) is 5.69 Å². The fourth-order valence-electron chi connectivity index (χ4n) is 3.16. The van der Waals surface area contributed by atoms with Gasteiger partial charge in [0.05, 0.1) is 22.6 Å². The van der Waals surface area contributed by atoms with Crippen LogP contribution in [-0.2, 0) is 13.6 Å². The number of halogens is 1. The lowest BCUT2D eigenvalue weighted by Gasteiger charge is -2.07. The molecule has 0 aliphatic carbocycles. The van der Waals surface area contributed by atoms with Gasteiger partial charge in [-0.3, -0.25) is 19.0 Å². The number of para-hydroxylation sites is 1. The lowest BCUT2D eigenvalue weighted by molar-refractivity contribution is 0.102. The molecule has 2 heterocycles. The molecule has 0 aliphatic heterocycles. The molecule has 0 fully saturated rings. The van der Waals surface area contributed by atoms with Gasteiger partial charge in [0, 0.05) is 13.6 Å². The molecule has 3 rings (SSSR count). The summed E-state index contributed by atoms with van der Waals surface area (Å²) in [5.74, 6) is -0.434. The second-order valence-corrected chi connectivity index (χ2v) is 7.08. The fourth-order valence-corrected chi connectivity index (χ4v) is 3.50. The third kappa shape index (κ3) is 3.49. The highest BCUT2D eigenvalue weighted by Gasteiger charge is 2.24. The zero-order valence-electron chi connectivity index (χ0n) is 16.5. The van der Waals surface area contributed by atoms with Crippen molar-refractivity contribution in [2.24, 2.45) is 7.05 Å². The summed E-state index contributed by atoms with van der Waals surface area (Å²) in [6.07, 6.45) is 1.92. The summed E-state index contributed by atoms with van der Waals surface area (Å²) in [5.41, 5.74) is 2.14. The van der Waals surface area contributed by atoms with Crippen LogP contribution in [0.15, 0.2) is 35.1 Å². The molecule has 1 N–H and O–H groups in total. The van der Waals surface area contributed by atoms with Gasteiger partial charge in [0.15, 0.2) is 0 Å². The summed E-state index contributed by atoms with van der Waals surface area (Å²) in [6, 6.07) is 9.27. The van der Waals surface area contributed by atoms with Crippen LogP contribution in [0.5, 0.6) is 0 Å². The van der Waals surface area contributed by atoms with Gasteiger partial charge >= 0.3 is 0 Å². The van der Waals surface area contributed by atoms with Gasteiger partial charge in [-0.05, 0) is 32.4 Å². The second kappa shape index (κ2) is 8.06. The van der Waals surface area contributed by atoms with Crippen molar-refractivity contribution in [3.63, 3.8) is 0 Å². The highest BCUT2D eigenvalue weighted by Crippen LogP contribution is 2.22. The molecular formula is C20H24ClN5O2.